The summed E-state index contributed by atoms with van der Waals surface area (Å²) in [5.41, 5.74) is -0.609. The number of anilines is 1. The number of nitrogens with one attached hydrogen (secondary N) is 1. The maximum Gasteiger partial charge on any atom is 0.319 e. The highest BCUT2D eigenvalue weighted by atomic mass is 16.5. The molecule has 2 saturated carbocycles. The van der Waals surface area contributed by atoms with Crippen molar-refractivity contribution in [2.45, 2.75) is 25.7 Å². The summed E-state index contributed by atoms with van der Waals surface area (Å²) in [4.78, 5) is 23.0. The van der Waals surface area contributed by atoms with Crippen molar-refractivity contribution in [3.8, 4) is 5.75 Å². The predicted octanol–water partition coefficient (Wildman–Crippen LogP) is 2.28. The maximum absolute atomic E-state index is 11.9. The van der Waals surface area contributed by atoms with E-state index in [1.807, 2.05) is 0 Å². The van der Waals surface area contributed by atoms with Crippen LogP contribution in [0.15, 0.2) is 24.3 Å². The summed E-state index contributed by atoms with van der Waals surface area (Å²) in [5.74, 6) is -0.00928. The fraction of sp³-hybridized carbons (Fsp3) is 0.467. The van der Waals surface area contributed by atoms with E-state index in [-0.39, 0.29) is 0 Å². The van der Waals surface area contributed by atoms with Crippen LogP contribution < -0.4 is 10.1 Å². The molecule has 0 aromatic heterocycles. The molecular weight excluding hydrogens is 258 g/mol. The molecule has 0 bridgehead atoms. The van der Waals surface area contributed by atoms with Gasteiger partial charge in [-0.1, -0.05) is 0 Å². The van der Waals surface area contributed by atoms with Crippen LogP contribution in [-0.4, -0.2) is 23.6 Å². The Hall–Kier alpha value is -2.04. The fourth-order valence-corrected chi connectivity index (χ4v) is 2.05. The number of benzene rings is 1. The predicted molar refractivity (Wildman–Crippen MR) is 72.6 cm³/mol. The number of aliphatic carboxylic acids is 1. The topological polar surface area (TPSA) is 75.6 Å². The van der Waals surface area contributed by atoms with Gasteiger partial charge in [-0.2, -0.15) is 0 Å². The van der Waals surface area contributed by atoms with Crippen LogP contribution in [0.5, 0.6) is 5.75 Å². The largest absolute Gasteiger partial charge is 0.493 e. The van der Waals surface area contributed by atoms with Gasteiger partial charge in [-0.25, -0.2) is 0 Å². The first-order valence-corrected chi connectivity index (χ1v) is 6.88. The quantitative estimate of drug-likeness (QED) is 0.781. The molecule has 0 saturated heterocycles. The molecule has 0 unspecified atom stereocenters. The highest BCUT2D eigenvalue weighted by Gasteiger charge is 2.57. The van der Waals surface area contributed by atoms with Crippen molar-refractivity contribution >= 4 is 17.6 Å². The second-order valence-electron chi connectivity index (χ2n) is 5.62. The van der Waals surface area contributed by atoms with Gasteiger partial charge in [-0.05, 0) is 55.9 Å². The minimum absolute atomic E-state index is 0.413. The molecule has 2 aliphatic carbocycles. The highest BCUT2D eigenvalue weighted by Crippen LogP contribution is 2.46. The van der Waals surface area contributed by atoms with Gasteiger partial charge in [0.15, 0.2) is 0 Å². The monoisotopic (exact) mass is 275 g/mol. The van der Waals surface area contributed by atoms with Gasteiger partial charge < -0.3 is 15.2 Å². The van der Waals surface area contributed by atoms with Crippen LogP contribution in [0.4, 0.5) is 5.69 Å². The van der Waals surface area contributed by atoms with E-state index in [2.05, 4.69) is 5.32 Å². The smallest absolute Gasteiger partial charge is 0.319 e. The van der Waals surface area contributed by atoms with Gasteiger partial charge in [0, 0.05) is 5.69 Å². The first kappa shape index (κ1) is 13.0. The summed E-state index contributed by atoms with van der Waals surface area (Å²) in [6.45, 7) is 0.744. The van der Waals surface area contributed by atoms with E-state index in [4.69, 9.17) is 9.84 Å². The number of carbonyl (C=O) groups excluding carboxylic acids is 1. The van der Waals surface area contributed by atoms with Gasteiger partial charge >= 0.3 is 5.97 Å². The van der Waals surface area contributed by atoms with Gasteiger partial charge in [0.05, 0.1) is 6.61 Å². The summed E-state index contributed by atoms with van der Waals surface area (Å²) >= 11 is 0. The number of hydrogen-bond donors (Lipinski definition) is 2. The average molecular weight is 275 g/mol. The van der Waals surface area contributed by atoms with Gasteiger partial charge in [-0.15, -0.1) is 0 Å². The molecule has 0 spiro atoms. The first-order valence-electron chi connectivity index (χ1n) is 6.88. The van der Waals surface area contributed by atoms with Crippen LogP contribution in [-0.2, 0) is 9.59 Å². The van der Waals surface area contributed by atoms with Crippen LogP contribution in [0, 0.1) is 11.3 Å². The number of carbonyl (C=O) groups is 2. The Morgan fingerprint density at radius 1 is 1.25 bits per heavy atom. The summed E-state index contributed by atoms with van der Waals surface area (Å²) < 4.78 is 5.60. The number of rotatable bonds is 6. The van der Waals surface area contributed by atoms with Gasteiger partial charge in [0.1, 0.15) is 11.2 Å². The van der Waals surface area contributed by atoms with Crippen LogP contribution in [0.25, 0.3) is 0 Å². The minimum Gasteiger partial charge on any atom is -0.493 e. The Labute approximate surface area is 116 Å². The van der Waals surface area contributed by atoms with E-state index in [0.717, 1.165) is 12.4 Å². The van der Waals surface area contributed by atoms with E-state index in [0.29, 0.717) is 24.4 Å². The van der Waals surface area contributed by atoms with Crippen molar-refractivity contribution in [2.24, 2.45) is 11.3 Å². The third-order valence-electron chi connectivity index (χ3n) is 3.89. The zero-order valence-electron chi connectivity index (χ0n) is 11.1. The van der Waals surface area contributed by atoms with Crippen LogP contribution >= 0.6 is 0 Å². The summed E-state index contributed by atoms with van der Waals surface area (Å²) in [6, 6.07) is 7.05. The average Bonchev–Trinajstić information content (AvgIpc) is 3.30. The second kappa shape index (κ2) is 4.81. The molecule has 0 atom stereocenters. The van der Waals surface area contributed by atoms with E-state index < -0.39 is 17.3 Å². The third-order valence-corrected chi connectivity index (χ3v) is 3.89. The number of amides is 1. The molecular formula is C15H17NO4. The maximum atomic E-state index is 11.9. The molecule has 2 fully saturated rings. The van der Waals surface area contributed by atoms with Gasteiger partial charge in [-0.3, -0.25) is 9.59 Å². The Balaban J connectivity index is 1.57. The van der Waals surface area contributed by atoms with Crippen molar-refractivity contribution in [1.82, 2.24) is 0 Å². The SMILES string of the molecule is O=C(O)C1(C(=O)Nc2ccc(OCC3CC3)cc2)CC1. The minimum atomic E-state index is -1.21. The molecule has 3 rings (SSSR count). The van der Waals surface area contributed by atoms with Crippen molar-refractivity contribution in [2.75, 3.05) is 11.9 Å². The standard InChI is InChI=1S/C15H17NO4/c17-13(15(7-8-15)14(18)19)16-11-3-5-12(6-4-11)20-9-10-1-2-10/h3-6,10H,1-2,7-9H2,(H,16,17)(H,18,19). The summed E-state index contributed by atoms with van der Waals surface area (Å²) in [6.07, 6.45) is 3.31. The molecule has 5 nitrogen and oxygen atoms in total. The lowest BCUT2D eigenvalue weighted by molar-refractivity contribution is -0.147. The third kappa shape index (κ3) is 2.61. The molecule has 2 N–H and O–H groups in total. The molecule has 106 valence electrons. The molecule has 2 aliphatic rings. The number of hydrogen-bond acceptors (Lipinski definition) is 3. The Kier molecular flexibility index (Phi) is 3.12. The van der Waals surface area contributed by atoms with E-state index >= 15 is 0 Å². The Morgan fingerprint density at radius 3 is 2.40 bits per heavy atom. The van der Waals surface area contributed by atoms with E-state index in [1.54, 1.807) is 24.3 Å². The molecule has 1 aromatic rings. The Morgan fingerprint density at radius 2 is 1.90 bits per heavy atom. The molecule has 20 heavy (non-hydrogen) atoms. The second-order valence-corrected chi connectivity index (χ2v) is 5.62. The zero-order valence-corrected chi connectivity index (χ0v) is 11.1. The van der Waals surface area contributed by atoms with Crippen LogP contribution in [0.2, 0.25) is 0 Å². The van der Waals surface area contributed by atoms with Crippen LogP contribution in [0.3, 0.4) is 0 Å². The lowest BCUT2D eigenvalue weighted by atomic mass is 10.1. The summed E-state index contributed by atoms with van der Waals surface area (Å²) in [5, 5.41) is 11.7. The first-order chi connectivity index (χ1) is 9.60. The number of carboxylic acid groups (broad SMARTS) is 1. The molecule has 1 aromatic carbocycles. The highest BCUT2D eigenvalue weighted by molar-refractivity contribution is 6.10. The van der Waals surface area contributed by atoms with Gasteiger partial charge in [0.2, 0.25) is 5.91 Å². The van der Waals surface area contributed by atoms with E-state index in [1.165, 1.54) is 12.8 Å². The molecule has 0 aliphatic heterocycles. The molecule has 1 amide bonds. The Bertz CT molecular complexity index is 529. The van der Waals surface area contributed by atoms with Crippen molar-refractivity contribution in [3.05, 3.63) is 24.3 Å². The number of ether oxygens (including phenoxy) is 1. The lowest BCUT2D eigenvalue weighted by Gasteiger charge is -2.11. The van der Waals surface area contributed by atoms with Crippen molar-refractivity contribution in [1.29, 1.82) is 0 Å². The molecule has 0 heterocycles. The molecule has 5 heteroatoms. The van der Waals surface area contributed by atoms with Gasteiger partial charge in [0.25, 0.3) is 0 Å². The summed E-state index contributed by atoms with van der Waals surface area (Å²) in [7, 11) is 0. The molecule has 0 radical (unpaired) electrons. The van der Waals surface area contributed by atoms with E-state index in [9.17, 15) is 9.59 Å². The van der Waals surface area contributed by atoms with Crippen molar-refractivity contribution < 1.29 is 19.4 Å². The zero-order chi connectivity index (χ0) is 14.2. The number of carboxylic acids is 1. The fourth-order valence-electron chi connectivity index (χ4n) is 2.05. The lowest BCUT2D eigenvalue weighted by Crippen LogP contribution is -2.31. The van der Waals surface area contributed by atoms with Crippen LogP contribution in [0.1, 0.15) is 25.7 Å². The normalized spacial score (nSPS) is 19.2. The van der Waals surface area contributed by atoms with Crippen molar-refractivity contribution in [3.63, 3.8) is 0 Å².